The van der Waals surface area contributed by atoms with E-state index < -0.39 is 10.0 Å². The summed E-state index contributed by atoms with van der Waals surface area (Å²) in [6, 6.07) is 11.1. The van der Waals surface area contributed by atoms with Crippen LogP contribution in [0.4, 0.5) is 5.69 Å². The van der Waals surface area contributed by atoms with Gasteiger partial charge in [0.2, 0.25) is 10.0 Å². The molecule has 1 amide bonds. The minimum atomic E-state index is -3.57. The first-order valence-corrected chi connectivity index (χ1v) is 11.2. The summed E-state index contributed by atoms with van der Waals surface area (Å²) in [5.41, 5.74) is 0.886. The summed E-state index contributed by atoms with van der Waals surface area (Å²) in [6.07, 6.45) is 0. The number of hydrogen-bond acceptors (Lipinski definition) is 4. The molecule has 2 aromatic carbocycles. The largest absolute Gasteiger partial charge is 0.492 e. The zero-order valence-electron chi connectivity index (χ0n) is 16.3. The fraction of sp³-hybridized carbons (Fsp3) is 0.350. The van der Waals surface area contributed by atoms with Gasteiger partial charge in [0.15, 0.2) is 0 Å². The Kier molecular flexibility index (Phi) is 7.63. The Morgan fingerprint density at radius 1 is 1.07 bits per heavy atom. The van der Waals surface area contributed by atoms with Crippen molar-refractivity contribution in [2.45, 2.75) is 38.6 Å². The van der Waals surface area contributed by atoms with Crippen molar-refractivity contribution in [2.75, 3.05) is 11.9 Å². The summed E-state index contributed by atoms with van der Waals surface area (Å²) in [4.78, 5) is 12.9. The lowest BCUT2D eigenvalue weighted by Crippen LogP contribution is -2.30. The van der Waals surface area contributed by atoms with E-state index in [4.69, 9.17) is 4.74 Å². The summed E-state index contributed by atoms with van der Waals surface area (Å²) in [5, 5.41) is 2.78. The second kappa shape index (κ2) is 9.54. The number of benzene rings is 2. The van der Waals surface area contributed by atoms with Crippen molar-refractivity contribution >= 4 is 37.5 Å². The Morgan fingerprint density at radius 3 is 2.29 bits per heavy atom. The predicted molar refractivity (Wildman–Crippen MR) is 114 cm³/mol. The van der Waals surface area contributed by atoms with E-state index in [1.54, 1.807) is 38.1 Å². The molecule has 152 valence electrons. The van der Waals surface area contributed by atoms with Gasteiger partial charge in [-0.05, 0) is 62.2 Å². The Morgan fingerprint density at radius 2 is 1.71 bits per heavy atom. The lowest BCUT2D eigenvalue weighted by atomic mass is 10.1. The molecule has 0 bridgehead atoms. The van der Waals surface area contributed by atoms with Crippen molar-refractivity contribution in [3.63, 3.8) is 0 Å². The second-order valence-electron chi connectivity index (χ2n) is 7.10. The van der Waals surface area contributed by atoms with Crippen LogP contribution in [0.3, 0.4) is 0 Å². The Bertz CT molecular complexity index is 926. The summed E-state index contributed by atoms with van der Waals surface area (Å²) >= 11 is 3.37. The average Bonchev–Trinajstić information content (AvgIpc) is 2.59. The highest BCUT2D eigenvalue weighted by atomic mass is 79.9. The maximum Gasteiger partial charge on any atom is 0.259 e. The van der Waals surface area contributed by atoms with E-state index in [0.717, 1.165) is 4.47 Å². The van der Waals surface area contributed by atoms with E-state index in [1.807, 2.05) is 19.9 Å². The van der Waals surface area contributed by atoms with Crippen LogP contribution >= 0.6 is 15.9 Å². The SMILES string of the molecule is CC(C)COc1ccc(Br)cc1C(=O)Nc1ccc(S(=O)(=O)NC(C)C)cc1. The van der Waals surface area contributed by atoms with Crippen molar-refractivity contribution in [3.8, 4) is 5.75 Å². The second-order valence-corrected chi connectivity index (χ2v) is 9.73. The summed E-state index contributed by atoms with van der Waals surface area (Å²) in [7, 11) is -3.57. The number of hydrogen-bond donors (Lipinski definition) is 2. The molecular weight excluding hydrogens is 444 g/mol. The van der Waals surface area contributed by atoms with Gasteiger partial charge in [-0.1, -0.05) is 29.8 Å². The first-order chi connectivity index (χ1) is 13.1. The van der Waals surface area contributed by atoms with Gasteiger partial charge in [0.25, 0.3) is 5.91 Å². The van der Waals surface area contributed by atoms with E-state index in [-0.39, 0.29) is 16.8 Å². The van der Waals surface area contributed by atoms with Gasteiger partial charge in [-0.15, -0.1) is 0 Å². The van der Waals surface area contributed by atoms with Crippen molar-refractivity contribution in [1.29, 1.82) is 0 Å². The molecule has 0 fully saturated rings. The molecule has 0 unspecified atom stereocenters. The number of halogens is 1. The fourth-order valence-electron chi connectivity index (χ4n) is 2.36. The summed E-state index contributed by atoms with van der Waals surface area (Å²) < 4.78 is 33.4. The van der Waals surface area contributed by atoms with Gasteiger partial charge in [0, 0.05) is 16.2 Å². The molecule has 0 aliphatic heterocycles. The molecule has 8 heteroatoms. The van der Waals surface area contributed by atoms with Crippen LogP contribution in [0, 0.1) is 5.92 Å². The molecule has 0 saturated carbocycles. The minimum Gasteiger partial charge on any atom is -0.492 e. The van der Waals surface area contributed by atoms with Gasteiger partial charge >= 0.3 is 0 Å². The molecule has 0 heterocycles. The first kappa shape index (κ1) is 22.4. The van der Waals surface area contributed by atoms with Gasteiger partial charge in [-0.25, -0.2) is 13.1 Å². The number of rotatable bonds is 8. The molecule has 2 N–H and O–H groups in total. The van der Waals surface area contributed by atoms with Crippen LogP contribution in [0.2, 0.25) is 0 Å². The highest BCUT2D eigenvalue weighted by Gasteiger charge is 2.17. The first-order valence-electron chi connectivity index (χ1n) is 8.94. The summed E-state index contributed by atoms with van der Waals surface area (Å²) in [5.74, 6) is 0.485. The molecule has 28 heavy (non-hydrogen) atoms. The molecule has 2 rings (SSSR count). The van der Waals surface area contributed by atoms with Crippen molar-refractivity contribution in [1.82, 2.24) is 4.72 Å². The third kappa shape index (κ3) is 6.32. The quantitative estimate of drug-likeness (QED) is 0.600. The molecule has 0 spiro atoms. The standard InChI is InChI=1S/C20H25BrN2O4S/c1-13(2)12-27-19-10-5-15(21)11-18(19)20(24)22-16-6-8-17(9-7-16)28(25,26)23-14(3)4/h5-11,13-14,23H,12H2,1-4H3,(H,22,24). The number of nitrogens with one attached hydrogen (secondary N) is 2. The Labute approximate surface area is 174 Å². The Hall–Kier alpha value is -1.90. The van der Waals surface area contributed by atoms with Gasteiger partial charge in [0.1, 0.15) is 5.75 Å². The third-order valence-corrected chi connectivity index (χ3v) is 5.74. The maximum absolute atomic E-state index is 12.7. The molecule has 0 aromatic heterocycles. The zero-order chi connectivity index (χ0) is 20.9. The van der Waals surface area contributed by atoms with E-state index in [2.05, 4.69) is 26.0 Å². The van der Waals surface area contributed by atoms with Crippen molar-refractivity contribution in [3.05, 3.63) is 52.5 Å². The van der Waals surface area contributed by atoms with Crippen LogP contribution in [0.1, 0.15) is 38.1 Å². The van der Waals surface area contributed by atoms with Gasteiger partial charge < -0.3 is 10.1 Å². The molecule has 0 saturated heterocycles. The van der Waals surface area contributed by atoms with Crippen LogP contribution < -0.4 is 14.8 Å². The molecule has 6 nitrogen and oxygen atoms in total. The van der Waals surface area contributed by atoms with Gasteiger partial charge in [-0.2, -0.15) is 0 Å². The minimum absolute atomic E-state index is 0.141. The number of anilines is 1. The van der Waals surface area contributed by atoms with Crippen LogP contribution in [0.5, 0.6) is 5.75 Å². The van der Waals surface area contributed by atoms with E-state index in [0.29, 0.717) is 29.5 Å². The van der Waals surface area contributed by atoms with Crippen LogP contribution in [-0.4, -0.2) is 27.0 Å². The number of sulfonamides is 1. The van der Waals surface area contributed by atoms with E-state index in [1.165, 1.54) is 12.1 Å². The number of carbonyl (C=O) groups excluding carboxylic acids is 1. The molecule has 2 aromatic rings. The van der Waals surface area contributed by atoms with Gasteiger partial charge in [-0.3, -0.25) is 4.79 Å². The van der Waals surface area contributed by atoms with Crippen molar-refractivity contribution in [2.24, 2.45) is 5.92 Å². The van der Waals surface area contributed by atoms with Crippen LogP contribution in [0.15, 0.2) is 51.8 Å². The van der Waals surface area contributed by atoms with Crippen LogP contribution in [-0.2, 0) is 10.0 Å². The number of carbonyl (C=O) groups is 1. The normalized spacial score (nSPS) is 11.7. The van der Waals surface area contributed by atoms with E-state index in [9.17, 15) is 13.2 Å². The van der Waals surface area contributed by atoms with Gasteiger partial charge in [0.05, 0.1) is 17.1 Å². The molecule has 0 aliphatic rings. The van der Waals surface area contributed by atoms with E-state index >= 15 is 0 Å². The highest BCUT2D eigenvalue weighted by molar-refractivity contribution is 9.10. The Balaban J connectivity index is 2.18. The smallest absolute Gasteiger partial charge is 0.259 e. The lowest BCUT2D eigenvalue weighted by molar-refractivity contribution is 0.102. The lowest BCUT2D eigenvalue weighted by Gasteiger charge is -2.14. The monoisotopic (exact) mass is 468 g/mol. The average molecular weight is 469 g/mol. The van der Waals surface area contributed by atoms with Crippen molar-refractivity contribution < 1.29 is 17.9 Å². The molecule has 0 atom stereocenters. The number of ether oxygens (including phenoxy) is 1. The topological polar surface area (TPSA) is 84.5 Å². The molecule has 0 aliphatic carbocycles. The fourth-order valence-corrected chi connectivity index (χ4v) is 3.97. The van der Waals surface area contributed by atoms with Crippen LogP contribution in [0.25, 0.3) is 0 Å². The summed E-state index contributed by atoms with van der Waals surface area (Å²) in [6.45, 7) is 8.06. The third-order valence-electron chi connectivity index (χ3n) is 3.57. The number of amides is 1. The predicted octanol–water partition coefficient (Wildman–Crippen LogP) is 4.42. The molecule has 0 radical (unpaired) electrons. The molecular formula is C20H25BrN2O4S. The maximum atomic E-state index is 12.7. The highest BCUT2D eigenvalue weighted by Crippen LogP contribution is 2.25. The zero-order valence-corrected chi connectivity index (χ0v) is 18.7.